The predicted molar refractivity (Wildman–Crippen MR) is 88.5 cm³/mol. The number of pyridine rings is 1. The number of carbonyl (C=O) groups excluding carboxylic acids is 2. The molecule has 0 atom stereocenters. The van der Waals surface area contributed by atoms with Gasteiger partial charge in [0, 0.05) is 41.0 Å². The average Bonchev–Trinajstić information content (AvgIpc) is 3.10. The topological polar surface area (TPSA) is 72.2 Å². The highest BCUT2D eigenvalue weighted by Crippen LogP contribution is 2.33. The Kier molecular flexibility index (Phi) is 3.61. The number of fused-ring (bicyclic) bond motifs is 1. The molecule has 2 aromatic heterocycles. The minimum absolute atomic E-state index is 0.149. The van der Waals surface area contributed by atoms with Gasteiger partial charge in [0.25, 0.3) is 11.1 Å². The highest BCUT2D eigenvalue weighted by atomic mass is 32.2. The largest absolute Gasteiger partial charge is 0.456 e. The van der Waals surface area contributed by atoms with E-state index in [1.54, 1.807) is 6.07 Å². The Morgan fingerprint density at radius 2 is 1.96 bits per heavy atom. The number of furan rings is 1. The number of imide groups is 1. The van der Waals surface area contributed by atoms with Gasteiger partial charge in [-0.25, -0.2) is 8.78 Å². The van der Waals surface area contributed by atoms with Crippen molar-refractivity contribution in [3.63, 3.8) is 0 Å². The first-order valence-electron chi connectivity index (χ1n) is 7.09. The Morgan fingerprint density at radius 3 is 2.68 bits per heavy atom. The van der Waals surface area contributed by atoms with Gasteiger partial charge in [0.1, 0.15) is 23.0 Å². The fourth-order valence-electron chi connectivity index (χ4n) is 2.50. The number of amides is 2. The molecule has 25 heavy (non-hydrogen) atoms. The molecule has 124 valence electrons. The van der Waals surface area contributed by atoms with E-state index in [1.807, 2.05) is 0 Å². The van der Waals surface area contributed by atoms with Crippen LogP contribution in [0.15, 0.2) is 46.0 Å². The lowest BCUT2D eigenvalue weighted by atomic mass is 10.1. The molecule has 3 heterocycles. The standard InChI is InChI=1S/C17H8F2N2O3S/c18-9-1-2-11(13(19)4-9)12-7-20-6-8-3-10(24-15(8)12)5-14-16(22)21-17(23)25-14/h1-7H,(H,21,22,23)/b14-5-. The summed E-state index contributed by atoms with van der Waals surface area (Å²) < 4.78 is 32.9. The maximum absolute atomic E-state index is 14.1. The van der Waals surface area contributed by atoms with Crippen molar-refractivity contribution in [1.29, 1.82) is 0 Å². The summed E-state index contributed by atoms with van der Waals surface area (Å²) in [5.41, 5.74) is 0.859. The van der Waals surface area contributed by atoms with Gasteiger partial charge in [-0.05, 0) is 30.0 Å². The minimum atomic E-state index is -0.734. The number of aromatic nitrogens is 1. The molecule has 0 unspecified atom stereocenters. The van der Waals surface area contributed by atoms with Crippen molar-refractivity contribution in [3.05, 3.63) is 59.0 Å². The van der Waals surface area contributed by atoms with Crippen LogP contribution in [0.4, 0.5) is 13.6 Å². The second-order valence-corrected chi connectivity index (χ2v) is 6.25. The van der Waals surface area contributed by atoms with Crippen LogP contribution in [-0.2, 0) is 4.79 Å². The monoisotopic (exact) mass is 358 g/mol. The summed E-state index contributed by atoms with van der Waals surface area (Å²) in [5.74, 6) is -1.60. The zero-order valence-corrected chi connectivity index (χ0v) is 13.2. The number of halogens is 2. The van der Waals surface area contributed by atoms with Gasteiger partial charge in [-0.15, -0.1) is 0 Å². The van der Waals surface area contributed by atoms with Crippen molar-refractivity contribution in [2.24, 2.45) is 0 Å². The van der Waals surface area contributed by atoms with Crippen molar-refractivity contribution in [2.75, 3.05) is 0 Å². The number of benzene rings is 1. The van der Waals surface area contributed by atoms with Crippen LogP contribution in [0.5, 0.6) is 0 Å². The normalized spacial score (nSPS) is 16.0. The summed E-state index contributed by atoms with van der Waals surface area (Å²) in [4.78, 5) is 27.1. The fraction of sp³-hybridized carbons (Fsp3) is 0. The first-order valence-corrected chi connectivity index (χ1v) is 7.91. The van der Waals surface area contributed by atoms with Crippen LogP contribution < -0.4 is 5.32 Å². The third-order valence-corrected chi connectivity index (χ3v) is 4.39. The molecule has 0 saturated carbocycles. The maximum Gasteiger partial charge on any atom is 0.290 e. The van der Waals surface area contributed by atoms with Gasteiger partial charge in [-0.2, -0.15) is 0 Å². The molecule has 8 heteroatoms. The van der Waals surface area contributed by atoms with Crippen molar-refractivity contribution in [2.45, 2.75) is 0 Å². The van der Waals surface area contributed by atoms with Crippen LogP contribution in [-0.4, -0.2) is 16.1 Å². The summed E-state index contributed by atoms with van der Waals surface area (Å²) in [6, 6.07) is 4.86. The Morgan fingerprint density at radius 1 is 1.12 bits per heavy atom. The summed E-state index contributed by atoms with van der Waals surface area (Å²) in [6.07, 6.45) is 4.37. The molecular formula is C17H8F2N2O3S. The molecule has 3 aromatic rings. The van der Waals surface area contributed by atoms with Crippen LogP contribution >= 0.6 is 11.8 Å². The molecular weight excluding hydrogens is 350 g/mol. The lowest BCUT2D eigenvalue weighted by Gasteiger charge is -2.03. The van der Waals surface area contributed by atoms with Crippen LogP contribution in [0.1, 0.15) is 5.76 Å². The molecule has 0 radical (unpaired) electrons. The Hall–Kier alpha value is -3.00. The molecule has 1 aliphatic heterocycles. The van der Waals surface area contributed by atoms with Gasteiger partial charge in [-0.1, -0.05) is 0 Å². The van der Waals surface area contributed by atoms with Crippen LogP contribution in [0.2, 0.25) is 0 Å². The number of hydrogen-bond acceptors (Lipinski definition) is 5. The number of thioether (sulfide) groups is 1. The molecule has 1 fully saturated rings. The lowest BCUT2D eigenvalue weighted by Crippen LogP contribution is -2.17. The maximum atomic E-state index is 14.1. The van der Waals surface area contributed by atoms with Crippen LogP contribution in [0, 0.1) is 11.6 Å². The SMILES string of the molecule is O=C1NC(=O)/C(=C/c2cc3cncc(-c4ccc(F)cc4F)c3o2)S1. The first kappa shape index (κ1) is 15.5. The zero-order valence-electron chi connectivity index (χ0n) is 12.4. The quantitative estimate of drug-likeness (QED) is 0.699. The van der Waals surface area contributed by atoms with E-state index >= 15 is 0 Å². The average molecular weight is 358 g/mol. The van der Waals surface area contributed by atoms with Crippen molar-refractivity contribution < 1.29 is 22.8 Å². The van der Waals surface area contributed by atoms with Gasteiger partial charge in [0.05, 0.1) is 4.91 Å². The van der Waals surface area contributed by atoms with Crippen molar-refractivity contribution in [1.82, 2.24) is 10.3 Å². The minimum Gasteiger partial charge on any atom is -0.456 e. The van der Waals surface area contributed by atoms with E-state index in [9.17, 15) is 18.4 Å². The highest BCUT2D eigenvalue weighted by molar-refractivity contribution is 8.18. The summed E-state index contributed by atoms with van der Waals surface area (Å²) >= 11 is 0.767. The molecule has 4 rings (SSSR count). The Bertz CT molecular complexity index is 1070. The number of carbonyl (C=O) groups is 2. The van der Waals surface area contributed by atoms with Gasteiger partial charge >= 0.3 is 0 Å². The number of rotatable bonds is 2. The van der Waals surface area contributed by atoms with E-state index in [-0.39, 0.29) is 10.5 Å². The summed E-state index contributed by atoms with van der Waals surface area (Å²) in [7, 11) is 0. The van der Waals surface area contributed by atoms with Crippen molar-refractivity contribution in [3.8, 4) is 11.1 Å². The number of nitrogens with zero attached hydrogens (tertiary/aromatic N) is 1. The van der Waals surface area contributed by atoms with Gasteiger partial charge < -0.3 is 4.42 Å². The smallest absolute Gasteiger partial charge is 0.290 e. The van der Waals surface area contributed by atoms with E-state index in [0.717, 1.165) is 23.9 Å². The highest BCUT2D eigenvalue weighted by Gasteiger charge is 2.25. The van der Waals surface area contributed by atoms with Gasteiger partial charge in [-0.3, -0.25) is 19.9 Å². The molecule has 1 saturated heterocycles. The Balaban J connectivity index is 1.83. The molecule has 1 aliphatic rings. The molecule has 5 nitrogen and oxygen atoms in total. The molecule has 0 bridgehead atoms. The van der Waals surface area contributed by atoms with Gasteiger partial charge in [0.2, 0.25) is 0 Å². The predicted octanol–water partition coefficient (Wildman–Crippen LogP) is 4.10. The first-order chi connectivity index (χ1) is 12.0. The van der Waals surface area contributed by atoms with E-state index in [4.69, 9.17) is 4.42 Å². The molecule has 0 spiro atoms. The molecule has 0 aliphatic carbocycles. The molecule has 2 amide bonds. The second-order valence-electron chi connectivity index (χ2n) is 5.23. The fourth-order valence-corrected chi connectivity index (χ4v) is 3.17. The van der Waals surface area contributed by atoms with E-state index in [2.05, 4.69) is 10.3 Å². The number of nitrogens with one attached hydrogen (secondary N) is 1. The third-order valence-electron chi connectivity index (χ3n) is 3.58. The van der Waals surface area contributed by atoms with E-state index < -0.39 is 22.8 Å². The van der Waals surface area contributed by atoms with Crippen LogP contribution in [0.3, 0.4) is 0 Å². The second kappa shape index (κ2) is 5.82. The zero-order chi connectivity index (χ0) is 17.6. The van der Waals surface area contributed by atoms with Crippen LogP contribution in [0.25, 0.3) is 28.2 Å². The van der Waals surface area contributed by atoms with E-state index in [0.29, 0.717) is 22.3 Å². The summed E-state index contributed by atoms with van der Waals surface area (Å²) in [5, 5.41) is 2.28. The van der Waals surface area contributed by atoms with Gasteiger partial charge in [0.15, 0.2) is 0 Å². The lowest BCUT2D eigenvalue weighted by molar-refractivity contribution is -0.115. The molecule has 1 N–H and O–H groups in total. The van der Waals surface area contributed by atoms with Crippen molar-refractivity contribution >= 4 is 40.0 Å². The third kappa shape index (κ3) is 2.80. The Labute approximate surface area is 143 Å². The van der Waals surface area contributed by atoms with E-state index in [1.165, 1.54) is 24.5 Å². The molecule has 1 aromatic carbocycles. The summed E-state index contributed by atoms with van der Waals surface area (Å²) in [6.45, 7) is 0. The number of hydrogen-bond donors (Lipinski definition) is 1.